The van der Waals surface area contributed by atoms with E-state index in [1.165, 1.54) is 77.9 Å². The number of nitrogens with zero attached hydrogens (tertiary/aromatic N) is 1. The molecule has 1 heteroatoms. The van der Waals surface area contributed by atoms with Crippen molar-refractivity contribution in [2.45, 2.75) is 19.3 Å². The molecule has 11 rings (SSSR count). The predicted octanol–water partition coefficient (Wildman–Crippen LogP) is 17.5. The van der Waals surface area contributed by atoms with Gasteiger partial charge in [-0.05, 0) is 108 Å². The molecule has 0 N–H and O–H groups in total. The Kier molecular flexibility index (Phi) is 9.94. The van der Waals surface area contributed by atoms with E-state index < -0.39 is 0 Å². The average molecular weight is 818 g/mol. The highest BCUT2D eigenvalue weighted by molar-refractivity contribution is 6.03. The number of para-hydroxylation sites is 1. The summed E-state index contributed by atoms with van der Waals surface area (Å²) in [5.74, 6) is 0. The quantitative estimate of drug-likeness (QED) is 0.140. The normalized spacial score (nSPS) is 12.3. The van der Waals surface area contributed by atoms with E-state index in [0.717, 1.165) is 28.2 Å². The molecule has 304 valence electrons. The third-order valence-electron chi connectivity index (χ3n) is 13.1. The molecule has 0 spiro atoms. The van der Waals surface area contributed by atoms with Gasteiger partial charge in [-0.25, -0.2) is 0 Å². The predicted molar refractivity (Wildman–Crippen MR) is 271 cm³/mol. The highest BCUT2D eigenvalue weighted by Crippen LogP contribution is 2.52. The van der Waals surface area contributed by atoms with Crippen molar-refractivity contribution in [3.8, 4) is 77.9 Å². The fraction of sp³-hybridized carbons (Fsp3) is 0.0476. The molecule has 0 unspecified atom stereocenters. The molecule has 0 amide bonds. The summed E-state index contributed by atoms with van der Waals surface area (Å²) in [7, 11) is 0. The Morgan fingerprint density at radius 2 is 0.703 bits per heavy atom. The Morgan fingerprint density at radius 1 is 0.266 bits per heavy atom. The molecule has 10 aromatic carbocycles. The van der Waals surface area contributed by atoms with Crippen LogP contribution in [0.15, 0.2) is 249 Å². The molecule has 1 aliphatic carbocycles. The first-order valence-electron chi connectivity index (χ1n) is 22.3. The lowest BCUT2D eigenvalue weighted by Crippen LogP contribution is -2.14. The lowest BCUT2D eigenvalue weighted by Gasteiger charge is -2.32. The standard InChI is InChI=1S/C63H47N/c1-63(2)58-33-16-14-30-55(58)57-43-50(40-41-59(57)63)49-26-18-27-51(42-49)64(60-34-17-15-29-53(60)48-38-36-45(37-39-48)44-20-6-3-7-21-44)61-35-19-32-54(47-24-10-5-11-25-47)62(61)56-31-13-12-28-52(56)46-22-8-4-9-23-46/h3-43H,1-2H3. The molecule has 0 aromatic heterocycles. The number of hydrogen-bond acceptors (Lipinski definition) is 1. The minimum Gasteiger partial charge on any atom is -0.309 e. The first-order valence-corrected chi connectivity index (χ1v) is 22.3. The van der Waals surface area contributed by atoms with Gasteiger partial charge >= 0.3 is 0 Å². The first-order chi connectivity index (χ1) is 31.5. The monoisotopic (exact) mass is 817 g/mol. The molecule has 0 bridgehead atoms. The third-order valence-corrected chi connectivity index (χ3v) is 13.1. The van der Waals surface area contributed by atoms with Crippen molar-refractivity contribution in [1.82, 2.24) is 0 Å². The van der Waals surface area contributed by atoms with Crippen LogP contribution >= 0.6 is 0 Å². The van der Waals surface area contributed by atoms with E-state index in [1.807, 2.05) is 0 Å². The molecule has 10 aromatic rings. The molecule has 1 nitrogen and oxygen atoms in total. The van der Waals surface area contributed by atoms with E-state index in [4.69, 9.17) is 0 Å². The van der Waals surface area contributed by atoms with Gasteiger partial charge in [0.15, 0.2) is 0 Å². The molecule has 1 aliphatic rings. The zero-order valence-corrected chi connectivity index (χ0v) is 36.1. The molecular formula is C63H47N. The van der Waals surface area contributed by atoms with Gasteiger partial charge in [0.1, 0.15) is 0 Å². The molecular weight excluding hydrogens is 771 g/mol. The summed E-state index contributed by atoms with van der Waals surface area (Å²) in [4.78, 5) is 2.50. The van der Waals surface area contributed by atoms with Gasteiger partial charge in [-0.15, -0.1) is 0 Å². The zero-order valence-electron chi connectivity index (χ0n) is 36.1. The Labute approximate surface area is 377 Å². The van der Waals surface area contributed by atoms with Gasteiger partial charge in [-0.3, -0.25) is 0 Å². The van der Waals surface area contributed by atoms with Gasteiger partial charge in [0.05, 0.1) is 11.4 Å². The second-order valence-electron chi connectivity index (χ2n) is 17.3. The fourth-order valence-corrected chi connectivity index (χ4v) is 9.96. The SMILES string of the molecule is CC1(C)c2ccccc2-c2cc(-c3cccc(N(c4ccccc4-c4ccc(-c5ccccc5)cc4)c4cccc(-c5ccccc5)c4-c4ccccc4-c4ccccc4)c3)ccc21. The Bertz CT molecular complexity index is 3270. The van der Waals surface area contributed by atoms with Crippen LogP contribution in [-0.4, -0.2) is 0 Å². The van der Waals surface area contributed by atoms with Crippen LogP contribution in [0.25, 0.3) is 77.9 Å². The Balaban J connectivity index is 1.15. The van der Waals surface area contributed by atoms with E-state index in [0.29, 0.717) is 0 Å². The van der Waals surface area contributed by atoms with Crippen LogP contribution in [0.3, 0.4) is 0 Å². The number of anilines is 3. The summed E-state index contributed by atoms with van der Waals surface area (Å²) in [6.45, 7) is 4.69. The summed E-state index contributed by atoms with van der Waals surface area (Å²) >= 11 is 0. The van der Waals surface area contributed by atoms with Crippen LogP contribution < -0.4 is 4.90 Å². The summed E-state index contributed by atoms with van der Waals surface area (Å²) in [6, 6.07) is 91.0. The number of fused-ring (bicyclic) bond motifs is 3. The molecule has 0 fully saturated rings. The van der Waals surface area contributed by atoms with Crippen LogP contribution in [0.5, 0.6) is 0 Å². The van der Waals surface area contributed by atoms with Crippen molar-refractivity contribution >= 4 is 17.1 Å². The van der Waals surface area contributed by atoms with Crippen molar-refractivity contribution in [1.29, 1.82) is 0 Å². The molecule has 64 heavy (non-hydrogen) atoms. The second kappa shape index (κ2) is 16.4. The van der Waals surface area contributed by atoms with Gasteiger partial charge in [-0.2, -0.15) is 0 Å². The van der Waals surface area contributed by atoms with Crippen molar-refractivity contribution < 1.29 is 0 Å². The number of benzene rings is 10. The summed E-state index contributed by atoms with van der Waals surface area (Å²) in [5, 5.41) is 0. The summed E-state index contributed by atoms with van der Waals surface area (Å²) in [6.07, 6.45) is 0. The highest BCUT2D eigenvalue weighted by Gasteiger charge is 2.35. The average Bonchev–Trinajstić information content (AvgIpc) is 3.60. The molecule has 0 heterocycles. The van der Waals surface area contributed by atoms with Gasteiger partial charge in [0, 0.05) is 22.2 Å². The molecule has 0 atom stereocenters. The lowest BCUT2D eigenvalue weighted by molar-refractivity contribution is 0.660. The number of rotatable bonds is 9. The van der Waals surface area contributed by atoms with E-state index in [2.05, 4.69) is 267 Å². The van der Waals surface area contributed by atoms with Gasteiger partial charge in [0.25, 0.3) is 0 Å². The van der Waals surface area contributed by atoms with Crippen LogP contribution in [0.4, 0.5) is 17.1 Å². The minimum absolute atomic E-state index is 0.0532. The Morgan fingerprint density at radius 3 is 1.42 bits per heavy atom. The zero-order chi connectivity index (χ0) is 43.0. The van der Waals surface area contributed by atoms with Crippen molar-refractivity contribution in [2.75, 3.05) is 4.90 Å². The molecule has 0 saturated heterocycles. The second-order valence-corrected chi connectivity index (χ2v) is 17.3. The molecule has 0 aliphatic heterocycles. The van der Waals surface area contributed by atoms with E-state index in [-0.39, 0.29) is 5.41 Å². The number of hydrogen-bond donors (Lipinski definition) is 0. The smallest absolute Gasteiger partial charge is 0.0546 e. The van der Waals surface area contributed by atoms with E-state index in [9.17, 15) is 0 Å². The van der Waals surface area contributed by atoms with Crippen molar-refractivity contribution in [3.05, 3.63) is 260 Å². The van der Waals surface area contributed by atoms with Gasteiger partial charge < -0.3 is 4.90 Å². The third kappa shape index (κ3) is 6.93. The van der Waals surface area contributed by atoms with Crippen LogP contribution in [0, 0.1) is 0 Å². The van der Waals surface area contributed by atoms with Gasteiger partial charge in [-0.1, -0.05) is 232 Å². The van der Waals surface area contributed by atoms with Crippen molar-refractivity contribution in [3.63, 3.8) is 0 Å². The van der Waals surface area contributed by atoms with Gasteiger partial charge in [0.2, 0.25) is 0 Å². The maximum atomic E-state index is 2.50. The van der Waals surface area contributed by atoms with Crippen LogP contribution in [0.1, 0.15) is 25.0 Å². The fourth-order valence-electron chi connectivity index (χ4n) is 9.96. The first kappa shape index (κ1) is 38.9. The van der Waals surface area contributed by atoms with E-state index >= 15 is 0 Å². The maximum absolute atomic E-state index is 2.50. The highest BCUT2D eigenvalue weighted by atomic mass is 15.1. The molecule has 0 radical (unpaired) electrons. The van der Waals surface area contributed by atoms with Crippen LogP contribution in [0.2, 0.25) is 0 Å². The van der Waals surface area contributed by atoms with Crippen LogP contribution in [-0.2, 0) is 5.41 Å². The topological polar surface area (TPSA) is 3.24 Å². The summed E-state index contributed by atoms with van der Waals surface area (Å²) in [5.41, 5.74) is 22.8. The largest absolute Gasteiger partial charge is 0.309 e. The minimum atomic E-state index is -0.0532. The Hall–Kier alpha value is -8.00. The van der Waals surface area contributed by atoms with E-state index in [1.54, 1.807) is 0 Å². The maximum Gasteiger partial charge on any atom is 0.0546 e. The lowest BCUT2D eigenvalue weighted by atomic mass is 9.82. The summed E-state index contributed by atoms with van der Waals surface area (Å²) < 4.78 is 0. The van der Waals surface area contributed by atoms with Crippen molar-refractivity contribution in [2.24, 2.45) is 0 Å². The molecule has 0 saturated carbocycles.